The van der Waals surface area contributed by atoms with Gasteiger partial charge in [0.15, 0.2) is 5.79 Å². The van der Waals surface area contributed by atoms with Crippen molar-refractivity contribution in [2.24, 2.45) is 51.8 Å². The Bertz CT molecular complexity index is 821. The van der Waals surface area contributed by atoms with Gasteiger partial charge >= 0.3 is 0 Å². The van der Waals surface area contributed by atoms with Crippen LogP contribution in [0.4, 0.5) is 0 Å². The van der Waals surface area contributed by atoms with Gasteiger partial charge in [-0.3, -0.25) is 0 Å². The molecule has 5 fully saturated rings. The molecule has 0 aromatic carbocycles. The van der Waals surface area contributed by atoms with Crippen molar-refractivity contribution < 1.29 is 14.2 Å². The molecule has 6 rings (SSSR count). The summed E-state index contributed by atoms with van der Waals surface area (Å²) in [5.74, 6) is 4.23. The van der Waals surface area contributed by atoms with Crippen molar-refractivity contribution in [3.63, 3.8) is 0 Å². The van der Waals surface area contributed by atoms with Gasteiger partial charge in [-0.15, -0.1) is 0 Å². The molecule has 0 bridgehead atoms. The molecule has 4 aliphatic carbocycles. The summed E-state index contributed by atoms with van der Waals surface area (Å²) in [6, 6.07) is 0. The third-order valence-electron chi connectivity index (χ3n) is 12.3. The lowest BCUT2D eigenvalue weighted by Gasteiger charge is -2.58. The average molecular weight is 457 g/mol. The summed E-state index contributed by atoms with van der Waals surface area (Å²) in [4.78, 5) is 0. The van der Waals surface area contributed by atoms with Gasteiger partial charge in [0.1, 0.15) is 0 Å². The molecule has 186 valence electrons. The Morgan fingerprint density at radius 3 is 2.70 bits per heavy atom. The Hall–Kier alpha value is -0.380. The van der Waals surface area contributed by atoms with E-state index < -0.39 is 0 Å². The van der Waals surface area contributed by atoms with Crippen LogP contribution < -0.4 is 0 Å². The summed E-state index contributed by atoms with van der Waals surface area (Å²) in [6.07, 6.45) is 15.1. The Labute approximate surface area is 202 Å². The van der Waals surface area contributed by atoms with Crippen LogP contribution in [0.2, 0.25) is 0 Å². The molecule has 3 saturated carbocycles. The van der Waals surface area contributed by atoms with Gasteiger partial charge in [-0.25, -0.2) is 0 Å². The minimum atomic E-state index is -0.377. The van der Waals surface area contributed by atoms with Crippen molar-refractivity contribution in [1.82, 2.24) is 0 Å². The highest BCUT2D eigenvalue weighted by Crippen LogP contribution is 2.71. The van der Waals surface area contributed by atoms with E-state index in [2.05, 4.69) is 40.7 Å². The smallest absolute Gasteiger partial charge is 0.172 e. The van der Waals surface area contributed by atoms with E-state index in [9.17, 15) is 0 Å². The van der Waals surface area contributed by atoms with Crippen LogP contribution in [0.5, 0.6) is 0 Å². The molecule has 2 aliphatic heterocycles. The van der Waals surface area contributed by atoms with Gasteiger partial charge in [0, 0.05) is 24.9 Å². The molecule has 33 heavy (non-hydrogen) atoms. The number of ether oxygens (including phenoxy) is 3. The largest absolute Gasteiger partial charge is 0.384 e. The molecule has 1 spiro atoms. The molecule has 0 amide bonds. The van der Waals surface area contributed by atoms with Gasteiger partial charge in [-0.05, 0) is 85.4 Å². The van der Waals surface area contributed by atoms with Gasteiger partial charge in [0.05, 0.1) is 19.3 Å². The Kier molecular flexibility index (Phi) is 5.28. The van der Waals surface area contributed by atoms with Gasteiger partial charge in [-0.2, -0.15) is 0 Å². The highest BCUT2D eigenvalue weighted by molar-refractivity contribution is 5.26. The second-order valence-electron chi connectivity index (χ2n) is 14.0. The number of fused-ring (bicyclic) bond motifs is 7. The molecule has 11 atom stereocenters. The van der Waals surface area contributed by atoms with E-state index in [0.29, 0.717) is 28.8 Å². The minimum Gasteiger partial charge on any atom is -0.384 e. The van der Waals surface area contributed by atoms with Crippen LogP contribution >= 0.6 is 0 Å². The van der Waals surface area contributed by atoms with Crippen molar-refractivity contribution in [3.8, 4) is 0 Å². The van der Waals surface area contributed by atoms with Crippen LogP contribution in [0.3, 0.4) is 0 Å². The summed E-state index contributed by atoms with van der Waals surface area (Å²) in [5.41, 5.74) is 2.79. The third-order valence-corrected chi connectivity index (χ3v) is 12.3. The van der Waals surface area contributed by atoms with E-state index in [1.165, 1.54) is 51.4 Å². The fourth-order valence-corrected chi connectivity index (χ4v) is 10.6. The van der Waals surface area contributed by atoms with E-state index in [-0.39, 0.29) is 11.2 Å². The summed E-state index contributed by atoms with van der Waals surface area (Å²) >= 11 is 0. The van der Waals surface area contributed by atoms with Crippen molar-refractivity contribution in [1.29, 1.82) is 0 Å². The first-order valence-corrected chi connectivity index (χ1v) is 14.2. The number of hydrogen-bond acceptors (Lipinski definition) is 3. The standard InChI is InChI=1S/C30H48O3/c1-7-20-10-12-28(4)21(14-20)8-9-22-23(28)11-13-29(5)24(22)15-25-26(29)19(2)30(33-25)16-27(3,17-31-6)18-32-30/h8,19-20,22-26H,7,9-18H2,1-6H3/t19-,20-,22?,23?,24?,25?,26?,27-,28-,29-,30?/m0/s1. The first-order chi connectivity index (χ1) is 15.7. The minimum absolute atomic E-state index is 0.0795. The number of methoxy groups -OCH3 is 1. The Balaban J connectivity index is 1.25. The fourth-order valence-electron chi connectivity index (χ4n) is 10.6. The summed E-state index contributed by atoms with van der Waals surface area (Å²) in [5, 5.41) is 0. The number of hydrogen-bond donors (Lipinski definition) is 0. The molecule has 0 radical (unpaired) electrons. The van der Waals surface area contributed by atoms with Crippen LogP contribution in [-0.2, 0) is 14.2 Å². The molecular formula is C30H48O3. The number of rotatable bonds is 3. The fraction of sp³-hybridized carbons (Fsp3) is 0.933. The molecule has 2 saturated heterocycles. The zero-order valence-electron chi connectivity index (χ0n) is 22.1. The zero-order chi connectivity index (χ0) is 23.2. The van der Waals surface area contributed by atoms with Gasteiger partial charge in [-0.1, -0.05) is 52.7 Å². The molecular weight excluding hydrogens is 408 g/mol. The van der Waals surface area contributed by atoms with Crippen LogP contribution in [-0.4, -0.2) is 32.2 Å². The lowest BCUT2D eigenvalue weighted by molar-refractivity contribution is -0.220. The molecule has 0 aromatic heterocycles. The second kappa shape index (κ2) is 7.56. The first-order valence-electron chi connectivity index (χ1n) is 14.2. The summed E-state index contributed by atoms with van der Waals surface area (Å²) < 4.78 is 19.1. The van der Waals surface area contributed by atoms with E-state index in [4.69, 9.17) is 14.2 Å². The van der Waals surface area contributed by atoms with Gasteiger partial charge in [0.25, 0.3) is 0 Å². The summed E-state index contributed by atoms with van der Waals surface area (Å²) in [6.45, 7) is 14.0. The predicted molar refractivity (Wildman–Crippen MR) is 132 cm³/mol. The Morgan fingerprint density at radius 1 is 1.12 bits per heavy atom. The first kappa shape index (κ1) is 23.0. The van der Waals surface area contributed by atoms with E-state index in [0.717, 1.165) is 43.3 Å². The second-order valence-corrected chi connectivity index (χ2v) is 14.0. The van der Waals surface area contributed by atoms with Crippen molar-refractivity contribution in [3.05, 3.63) is 11.6 Å². The van der Waals surface area contributed by atoms with Crippen molar-refractivity contribution in [2.45, 2.75) is 104 Å². The maximum absolute atomic E-state index is 6.99. The van der Waals surface area contributed by atoms with Crippen molar-refractivity contribution in [2.75, 3.05) is 20.3 Å². The lowest BCUT2D eigenvalue weighted by Crippen LogP contribution is -2.51. The average Bonchev–Trinajstić information content (AvgIpc) is 3.36. The van der Waals surface area contributed by atoms with Gasteiger partial charge in [0.2, 0.25) is 0 Å². The summed E-state index contributed by atoms with van der Waals surface area (Å²) in [7, 11) is 1.81. The molecule has 2 heterocycles. The molecule has 6 unspecified atom stereocenters. The third kappa shape index (κ3) is 3.10. The van der Waals surface area contributed by atoms with E-state index in [1.807, 2.05) is 12.7 Å². The normalized spacial score (nSPS) is 57.4. The topological polar surface area (TPSA) is 27.7 Å². The highest BCUT2D eigenvalue weighted by Gasteiger charge is 2.70. The van der Waals surface area contributed by atoms with Crippen LogP contribution in [0, 0.1) is 51.8 Å². The molecule has 6 aliphatic rings. The highest BCUT2D eigenvalue weighted by atomic mass is 16.7. The van der Waals surface area contributed by atoms with Crippen LogP contribution in [0.25, 0.3) is 0 Å². The Morgan fingerprint density at radius 2 is 1.94 bits per heavy atom. The zero-order valence-corrected chi connectivity index (χ0v) is 22.1. The quantitative estimate of drug-likeness (QED) is 0.428. The SMILES string of the molecule is CC[C@H]1CC[C@@]2(C)C(=CCC3C4CC5OC6(C[C@@](C)(COC)CO6)[C@@H](C)C5[C@@]4(C)CCC32)C1. The predicted octanol–water partition coefficient (Wildman–Crippen LogP) is 7.01. The molecule has 0 N–H and O–H groups in total. The van der Waals surface area contributed by atoms with Crippen LogP contribution in [0.1, 0.15) is 92.4 Å². The molecule has 0 aromatic rings. The van der Waals surface area contributed by atoms with E-state index >= 15 is 0 Å². The molecule has 3 heteroatoms. The number of allylic oxidation sites excluding steroid dienone is 2. The lowest BCUT2D eigenvalue weighted by atomic mass is 9.46. The van der Waals surface area contributed by atoms with Crippen molar-refractivity contribution >= 4 is 0 Å². The molecule has 3 nitrogen and oxygen atoms in total. The maximum Gasteiger partial charge on any atom is 0.172 e. The maximum atomic E-state index is 6.99. The van der Waals surface area contributed by atoms with E-state index in [1.54, 1.807) is 0 Å². The monoisotopic (exact) mass is 456 g/mol. The van der Waals surface area contributed by atoms with Crippen LogP contribution in [0.15, 0.2) is 11.6 Å². The van der Waals surface area contributed by atoms with Gasteiger partial charge < -0.3 is 14.2 Å².